The molecular formula is C35H31FN8O2. The molecule has 4 aromatic heterocycles. The monoisotopic (exact) mass is 614 g/mol. The molecule has 0 bridgehead atoms. The van der Waals surface area contributed by atoms with Crippen molar-refractivity contribution in [2.24, 2.45) is 0 Å². The lowest BCUT2D eigenvalue weighted by Gasteiger charge is -2.12. The van der Waals surface area contributed by atoms with Crippen molar-refractivity contribution in [3.63, 3.8) is 0 Å². The van der Waals surface area contributed by atoms with E-state index in [1.807, 2.05) is 86.0 Å². The molecule has 1 aliphatic heterocycles. The first-order valence-corrected chi connectivity index (χ1v) is 14.8. The number of ether oxygens (including phenoxy) is 2. The number of fused-ring (bicyclic) bond motifs is 2. The Labute approximate surface area is 264 Å². The lowest BCUT2D eigenvalue weighted by atomic mass is 10.1. The largest absolute Gasteiger partial charge is 0.492 e. The van der Waals surface area contributed by atoms with Crippen molar-refractivity contribution in [1.82, 2.24) is 40.3 Å². The van der Waals surface area contributed by atoms with Crippen molar-refractivity contribution in [3.8, 4) is 28.5 Å². The predicted molar refractivity (Wildman–Crippen MR) is 176 cm³/mol. The van der Waals surface area contributed by atoms with Crippen molar-refractivity contribution >= 4 is 27.5 Å². The minimum Gasteiger partial charge on any atom is -0.492 e. The normalized spacial score (nSPS) is 13.0. The summed E-state index contributed by atoms with van der Waals surface area (Å²) in [6.07, 6.45) is 10.9. The van der Waals surface area contributed by atoms with Crippen LogP contribution in [0.15, 0.2) is 103 Å². The summed E-state index contributed by atoms with van der Waals surface area (Å²) in [5.74, 6) is 1.27. The molecule has 2 aromatic carbocycles. The van der Waals surface area contributed by atoms with Crippen LogP contribution in [-0.2, 0) is 11.3 Å². The van der Waals surface area contributed by atoms with Gasteiger partial charge in [0, 0.05) is 47.7 Å². The molecule has 0 fully saturated rings. The van der Waals surface area contributed by atoms with E-state index in [4.69, 9.17) is 14.5 Å². The molecule has 0 saturated carbocycles. The van der Waals surface area contributed by atoms with E-state index in [0.29, 0.717) is 59.6 Å². The van der Waals surface area contributed by atoms with Gasteiger partial charge in [0.1, 0.15) is 41.8 Å². The second-order valence-electron chi connectivity index (χ2n) is 11.1. The van der Waals surface area contributed by atoms with Crippen molar-refractivity contribution in [3.05, 3.63) is 120 Å². The number of aromatic amines is 2. The Hall–Kier alpha value is -5.81. The first kappa shape index (κ1) is 28.9. The number of hydrogen-bond donors (Lipinski definition) is 3. The number of halogens is 1. The van der Waals surface area contributed by atoms with E-state index in [-0.39, 0.29) is 0 Å². The summed E-state index contributed by atoms with van der Waals surface area (Å²) in [6, 6.07) is 18.4. The molecule has 0 amide bonds. The SMILES string of the molecule is CN(C)CCOc1cc(F)cc(-c2nccc3[nH]c(-c4n[nH]c5cnc(C6=CNC=CC(OCc7ccccc7)=C6)cc45)nc23)c1. The molecular weight excluding hydrogens is 583 g/mol. The lowest BCUT2D eigenvalue weighted by molar-refractivity contribution is 0.211. The van der Waals surface area contributed by atoms with Crippen LogP contribution in [0, 0.1) is 5.82 Å². The van der Waals surface area contributed by atoms with Gasteiger partial charge in [-0.15, -0.1) is 0 Å². The van der Waals surface area contributed by atoms with Crippen molar-refractivity contribution in [2.45, 2.75) is 6.61 Å². The quantitative estimate of drug-likeness (QED) is 0.167. The van der Waals surface area contributed by atoms with Gasteiger partial charge in [0.25, 0.3) is 0 Å². The molecule has 10 nitrogen and oxygen atoms in total. The standard InChI is InChI=1S/C35H31FN8O2/c1-44(2)12-13-45-27-15-23(14-25(36)17-27)32-34-29(9-11-38-32)40-35(41-34)33-28-18-30(39-20-31(28)42-43-33)24-16-26(8-10-37-19-24)46-21-22-6-4-3-5-7-22/h3-11,14-20,37H,12-13,21H2,1-2H3,(H,40,41)(H,42,43). The third kappa shape index (κ3) is 6.21. The summed E-state index contributed by atoms with van der Waals surface area (Å²) < 4.78 is 26.6. The minimum absolute atomic E-state index is 0.412. The number of imidazole rings is 1. The van der Waals surface area contributed by atoms with Crippen LogP contribution in [-0.4, -0.2) is 62.3 Å². The molecule has 1 aliphatic rings. The summed E-state index contributed by atoms with van der Waals surface area (Å²) in [5.41, 5.74) is 6.48. The van der Waals surface area contributed by atoms with E-state index in [1.165, 1.54) is 12.1 Å². The Balaban J connectivity index is 1.20. The van der Waals surface area contributed by atoms with E-state index in [1.54, 1.807) is 18.5 Å². The molecule has 3 N–H and O–H groups in total. The van der Waals surface area contributed by atoms with Crippen LogP contribution >= 0.6 is 0 Å². The van der Waals surface area contributed by atoms with Crippen LogP contribution in [0.5, 0.6) is 5.75 Å². The number of likely N-dealkylation sites (N-methyl/N-ethyl adjacent to an activating group) is 1. The van der Waals surface area contributed by atoms with Crippen molar-refractivity contribution in [1.29, 1.82) is 0 Å². The van der Waals surface area contributed by atoms with Gasteiger partial charge in [-0.2, -0.15) is 5.10 Å². The van der Waals surface area contributed by atoms with Crippen LogP contribution < -0.4 is 10.1 Å². The minimum atomic E-state index is -0.412. The smallest absolute Gasteiger partial charge is 0.159 e. The van der Waals surface area contributed by atoms with Crippen molar-refractivity contribution in [2.75, 3.05) is 27.2 Å². The summed E-state index contributed by atoms with van der Waals surface area (Å²) in [6.45, 7) is 1.60. The number of H-pyrrole nitrogens is 2. The molecule has 0 spiro atoms. The molecule has 11 heteroatoms. The Kier molecular flexibility index (Phi) is 7.96. The maximum atomic E-state index is 14.7. The highest BCUT2D eigenvalue weighted by atomic mass is 19.1. The highest BCUT2D eigenvalue weighted by Gasteiger charge is 2.18. The van der Waals surface area contributed by atoms with Crippen molar-refractivity contribution < 1.29 is 13.9 Å². The number of allylic oxidation sites excluding steroid dienone is 3. The first-order valence-electron chi connectivity index (χ1n) is 14.8. The summed E-state index contributed by atoms with van der Waals surface area (Å²) >= 11 is 0. The number of nitrogens with one attached hydrogen (secondary N) is 3. The zero-order valence-electron chi connectivity index (χ0n) is 25.3. The molecule has 6 aromatic rings. The molecule has 0 saturated heterocycles. The molecule has 0 atom stereocenters. The van der Waals surface area contributed by atoms with Crippen LogP contribution in [0.4, 0.5) is 4.39 Å². The van der Waals surface area contributed by atoms with Crippen LogP contribution in [0.3, 0.4) is 0 Å². The number of nitrogens with zero attached hydrogens (tertiary/aromatic N) is 5. The Morgan fingerprint density at radius 2 is 1.83 bits per heavy atom. The molecule has 7 rings (SSSR count). The summed E-state index contributed by atoms with van der Waals surface area (Å²) in [7, 11) is 3.92. The number of rotatable bonds is 10. The van der Waals surface area contributed by atoms with Gasteiger partial charge in [-0.25, -0.2) is 9.37 Å². The number of pyridine rings is 2. The van der Waals surface area contributed by atoms with Gasteiger partial charge >= 0.3 is 0 Å². The highest BCUT2D eigenvalue weighted by molar-refractivity contribution is 5.97. The van der Waals surface area contributed by atoms with E-state index < -0.39 is 5.82 Å². The zero-order valence-corrected chi connectivity index (χ0v) is 25.3. The second-order valence-corrected chi connectivity index (χ2v) is 11.1. The fourth-order valence-corrected chi connectivity index (χ4v) is 5.13. The van der Waals surface area contributed by atoms with E-state index in [0.717, 1.165) is 33.3 Å². The average molecular weight is 615 g/mol. The van der Waals surface area contributed by atoms with Gasteiger partial charge < -0.3 is 24.7 Å². The Morgan fingerprint density at radius 3 is 2.70 bits per heavy atom. The maximum absolute atomic E-state index is 14.7. The molecule has 0 radical (unpaired) electrons. The fourth-order valence-electron chi connectivity index (χ4n) is 5.13. The van der Waals surface area contributed by atoms with Gasteiger partial charge in [-0.05, 0) is 56.1 Å². The summed E-state index contributed by atoms with van der Waals surface area (Å²) in [4.78, 5) is 19.5. The summed E-state index contributed by atoms with van der Waals surface area (Å²) in [5, 5.41) is 11.6. The zero-order chi connectivity index (χ0) is 31.5. The second kappa shape index (κ2) is 12.7. The maximum Gasteiger partial charge on any atom is 0.159 e. The number of aromatic nitrogens is 6. The van der Waals surface area contributed by atoms with Crippen LogP contribution in [0.1, 0.15) is 11.3 Å². The first-order chi connectivity index (χ1) is 22.5. The molecule has 0 aliphatic carbocycles. The van der Waals surface area contributed by atoms with Crippen LogP contribution in [0.2, 0.25) is 0 Å². The third-order valence-corrected chi connectivity index (χ3v) is 7.45. The van der Waals surface area contributed by atoms with Gasteiger partial charge in [0.15, 0.2) is 5.82 Å². The molecule has 5 heterocycles. The van der Waals surface area contributed by atoms with Gasteiger partial charge in [-0.3, -0.25) is 15.1 Å². The predicted octanol–water partition coefficient (Wildman–Crippen LogP) is 6.20. The third-order valence-electron chi connectivity index (χ3n) is 7.45. The van der Waals surface area contributed by atoms with E-state index >= 15 is 0 Å². The number of benzene rings is 2. The molecule has 0 unspecified atom stereocenters. The van der Waals surface area contributed by atoms with Crippen LogP contribution in [0.25, 0.3) is 50.3 Å². The van der Waals surface area contributed by atoms with Gasteiger partial charge in [0.2, 0.25) is 0 Å². The molecule has 46 heavy (non-hydrogen) atoms. The van der Waals surface area contributed by atoms with Gasteiger partial charge in [-0.1, -0.05) is 30.3 Å². The Bertz CT molecular complexity index is 2110. The van der Waals surface area contributed by atoms with E-state index in [9.17, 15) is 4.39 Å². The van der Waals surface area contributed by atoms with Gasteiger partial charge in [0.05, 0.1) is 28.6 Å². The molecule has 230 valence electrons. The topological polar surface area (TPSA) is 117 Å². The highest BCUT2D eigenvalue weighted by Crippen LogP contribution is 2.33. The number of hydrogen-bond acceptors (Lipinski definition) is 8. The average Bonchev–Trinajstić information content (AvgIpc) is 3.61. The fraction of sp³-hybridized carbons (Fsp3) is 0.143. The Morgan fingerprint density at radius 1 is 0.935 bits per heavy atom. The van der Waals surface area contributed by atoms with E-state index in [2.05, 4.69) is 30.5 Å². The lowest BCUT2D eigenvalue weighted by Crippen LogP contribution is -2.19.